The molecule has 9 heteroatoms. The van der Waals surface area contributed by atoms with Crippen LogP contribution in [0.2, 0.25) is 0 Å². The number of hydrogen-bond donors (Lipinski definition) is 2. The molecule has 0 radical (unpaired) electrons. The maximum atomic E-state index is 12.5. The number of anilines is 1. The summed E-state index contributed by atoms with van der Waals surface area (Å²) < 4.78 is 55.7. The highest BCUT2D eigenvalue weighted by Gasteiger charge is 2.19. The second-order valence-electron chi connectivity index (χ2n) is 4.97. The van der Waals surface area contributed by atoms with Gasteiger partial charge in [0.1, 0.15) is 5.75 Å². The van der Waals surface area contributed by atoms with Crippen LogP contribution in [-0.4, -0.2) is 23.4 Å². The van der Waals surface area contributed by atoms with E-state index in [2.05, 4.69) is 4.72 Å². The van der Waals surface area contributed by atoms with Gasteiger partial charge in [0.15, 0.2) is 0 Å². The third-order valence-electron chi connectivity index (χ3n) is 3.04. The highest BCUT2D eigenvalue weighted by molar-refractivity contribution is 7.93. The van der Waals surface area contributed by atoms with Crippen LogP contribution < -0.4 is 14.6 Å². The van der Waals surface area contributed by atoms with Crippen LogP contribution in [0.1, 0.15) is 13.3 Å². The van der Waals surface area contributed by atoms with Crippen LogP contribution in [-0.2, 0) is 20.0 Å². The molecule has 0 saturated heterocycles. The molecule has 2 aromatic carbocycles. The lowest BCUT2D eigenvalue weighted by molar-refractivity contribution is 0.319. The first-order valence-corrected chi connectivity index (χ1v) is 10.1. The minimum atomic E-state index is -4.00. The summed E-state index contributed by atoms with van der Waals surface area (Å²) in [7, 11) is -7.99. The Morgan fingerprint density at radius 3 is 2.33 bits per heavy atom. The molecule has 0 aliphatic rings. The lowest BCUT2D eigenvalue weighted by atomic mass is 10.3. The van der Waals surface area contributed by atoms with E-state index in [0.717, 1.165) is 12.5 Å². The van der Waals surface area contributed by atoms with Crippen molar-refractivity contribution >= 4 is 25.7 Å². The van der Waals surface area contributed by atoms with Crippen molar-refractivity contribution in [2.45, 2.75) is 23.1 Å². The van der Waals surface area contributed by atoms with Gasteiger partial charge < -0.3 is 4.74 Å². The standard InChI is InChI=1S/C15H18N2O5S2/c1-2-10-22-15-9-4-3-8-14(15)17-24(20,21)13-7-5-6-12(11-13)23(16,18)19/h3-9,11,17H,2,10H2,1H3,(H2,16,18,19). The monoisotopic (exact) mass is 370 g/mol. The van der Waals surface area contributed by atoms with Gasteiger partial charge in [-0.2, -0.15) is 0 Å². The number of primary sulfonamides is 1. The van der Waals surface area contributed by atoms with Crippen LogP contribution in [0.3, 0.4) is 0 Å². The minimum Gasteiger partial charge on any atom is -0.491 e. The van der Waals surface area contributed by atoms with Gasteiger partial charge in [0, 0.05) is 0 Å². The molecule has 0 fully saturated rings. The van der Waals surface area contributed by atoms with Crippen molar-refractivity contribution in [3.05, 3.63) is 48.5 Å². The Balaban J connectivity index is 2.36. The number of benzene rings is 2. The van der Waals surface area contributed by atoms with E-state index < -0.39 is 20.0 Å². The zero-order chi connectivity index (χ0) is 17.8. The van der Waals surface area contributed by atoms with Gasteiger partial charge in [-0.05, 0) is 36.8 Å². The Kier molecular flexibility index (Phi) is 5.47. The smallest absolute Gasteiger partial charge is 0.262 e. The third-order valence-corrected chi connectivity index (χ3v) is 5.31. The molecule has 24 heavy (non-hydrogen) atoms. The van der Waals surface area contributed by atoms with Gasteiger partial charge in [0.05, 0.1) is 22.1 Å². The molecule has 0 heterocycles. The Morgan fingerprint density at radius 2 is 1.67 bits per heavy atom. The van der Waals surface area contributed by atoms with Gasteiger partial charge >= 0.3 is 0 Å². The number of hydrogen-bond acceptors (Lipinski definition) is 5. The molecule has 7 nitrogen and oxygen atoms in total. The first-order valence-electron chi connectivity index (χ1n) is 7.11. The van der Waals surface area contributed by atoms with E-state index in [9.17, 15) is 16.8 Å². The summed E-state index contributed by atoms with van der Waals surface area (Å²) in [6.07, 6.45) is 0.775. The average molecular weight is 370 g/mol. The lowest BCUT2D eigenvalue weighted by Crippen LogP contribution is -2.16. The molecule has 2 rings (SSSR count). The normalized spacial score (nSPS) is 11.9. The number of ether oxygens (including phenoxy) is 1. The molecule has 0 bridgehead atoms. The topological polar surface area (TPSA) is 116 Å². The molecule has 0 unspecified atom stereocenters. The second-order valence-corrected chi connectivity index (χ2v) is 8.21. The van der Waals surface area contributed by atoms with Crippen LogP contribution in [0, 0.1) is 0 Å². The van der Waals surface area contributed by atoms with Crippen molar-refractivity contribution in [1.82, 2.24) is 0 Å². The Bertz CT molecular complexity index is 924. The van der Waals surface area contributed by atoms with Crippen LogP contribution >= 0.6 is 0 Å². The number of rotatable bonds is 7. The second kappa shape index (κ2) is 7.20. The van der Waals surface area contributed by atoms with E-state index in [0.29, 0.717) is 12.4 Å². The molecule has 2 aromatic rings. The quantitative estimate of drug-likeness (QED) is 0.772. The van der Waals surface area contributed by atoms with E-state index in [1.165, 1.54) is 18.2 Å². The Morgan fingerprint density at radius 1 is 1.00 bits per heavy atom. The van der Waals surface area contributed by atoms with Crippen LogP contribution in [0.15, 0.2) is 58.3 Å². The molecule has 0 amide bonds. The summed E-state index contributed by atoms with van der Waals surface area (Å²) in [6.45, 7) is 2.38. The predicted molar refractivity (Wildman–Crippen MR) is 90.9 cm³/mol. The van der Waals surface area contributed by atoms with E-state index in [1.54, 1.807) is 24.3 Å². The van der Waals surface area contributed by atoms with Crippen molar-refractivity contribution < 1.29 is 21.6 Å². The van der Waals surface area contributed by atoms with Crippen LogP contribution in [0.5, 0.6) is 5.75 Å². The van der Waals surface area contributed by atoms with Gasteiger partial charge in [-0.15, -0.1) is 0 Å². The number of nitrogens with two attached hydrogens (primary N) is 1. The maximum Gasteiger partial charge on any atom is 0.262 e. The van der Waals surface area contributed by atoms with Crippen molar-refractivity contribution in [2.75, 3.05) is 11.3 Å². The number of para-hydroxylation sites is 2. The zero-order valence-electron chi connectivity index (χ0n) is 13.0. The largest absolute Gasteiger partial charge is 0.491 e. The molecule has 3 N–H and O–H groups in total. The van der Waals surface area contributed by atoms with E-state index >= 15 is 0 Å². The molecule has 0 aliphatic heterocycles. The van der Waals surface area contributed by atoms with Gasteiger partial charge in [0.2, 0.25) is 10.0 Å². The molecular weight excluding hydrogens is 352 g/mol. The third kappa shape index (κ3) is 4.47. The summed E-state index contributed by atoms with van der Waals surface area (Å²) in [4.78, 5) is -0.486. The van der Waals surface area contributed by atoms with Crippen molar-refractivity contribution in [2.24, 2.45) is 5.14 Å². The Labute approximate surface area is 141 Å². The summed E-state index contributed by atoms with van der Waals surface area (Å²) in [5.41, 5.74) is 0.270. The first kappa shape index (κ1) is 18.2. The maximum absolute atomic E-state index is 12.5. The summed E-state index contributed by atoms with van der Waals surface area (Å²) in [5.74, 6) is 0.394. The minimum absolute atomic E-state index is 0.209. The molecular formula is C15H18N2O5S2. The fourth-order valence-electron chi connectivity index (χ4n) is 1.91. The summed E-state index contributed by atoms with van der Waals surface area (Å²) in [6, 6.07) is 11.4. The number of nitrogens with one attached hydrogen (secondary N) is 1. The van der Waals surface area contributed by atoms with E-state index in [-0.39, 0.29) is 15.5 Å². The van der Waals surface area contributed by atoms with Crippen molar-refractivity contribution in [3.8, 4) is 5.75 Å². The lowest BCUT2D eigenvalue weighted by Gasteiger charge is -2.13. The van der Waals surface area contributed by atoms with Gasteiger partial charge in [-0.3, -0.25) is 4.72 Å². The van der Waals surface area contributed by atoms with Crippen LogP contribution in [0.25, 0.3) is 0 Å². The summed E-state index contributed by atoms with van der Waals surface area (Å²) >= 11 is 0. The molecule has 0 saturated carbocycles. The van der Waals surface area contributed by atoms with Gasteiger partial charge in [0.25, 0.3) is 10.0 Å². The fraction of sp³-hybridized carbons (Fsp3) is 0.200. The zero-order valence-corrected chi connectivity index (χ0v) is 14.6. The molecule has 0 aliphatic carbocycles. The predicted octanol–water partition coefficient (Wildman–Crippen LogP) is 1.92. The van der Waals surface area contributed by atoms with Crippen LogP contribution in [0.4, 0.5) is 5.69 Å². The fourth-order valence-corrected chi connectivity index (χ4v) is 3.66. The van der Waals surface area contributed by atoms with Gasteiger partial charge in [-0.1, -0.05) is 25.1 Å². The highest BCUT2D eigenvalue weighted by Crippen LogP contribution is 2.27. The molecule has 0 spiro atoms. The van der Waals surface area contributed by atoms with Gasteiger partial charge in [-0.25, -0.2) is 22.0 Å². The molecule has 0 aromatic heterocycles. The highest BCUT2D eigenvalue weighted by atomic mass is 32.2. The van der Waals surface area contributed by atoms with Crippen molar-refractivity contribution in [1.29, 1.82) is 0 Å². The van der Waals surface area contributed by atoms with E-state index in [4.69, 9.17) is 9.88 Å². The SMILES string of the molecule is CCCOc1ccccc1NS(=O)(=O)c1cccc(S(N)(=O)=O)c1. The molecule has 130 valence electrons. The molecule has 0 atom stereocenters. The van der Waals surface area contributed by atoms with E-state index in [1.807, 2.05) is 6.92 Å². The first-order chi connectivity index (χ1) is 11.2. The number of sulfonamides is 2. The summed E-state index contributed by atoms with van der Waals surface area (Å²) in [5, 5.41) is 5.04. The average Bonchev–Trinajstić information content (AvgIpc) is 2.53. The van der Waals surface area contributed by atoms with Crippen molar-refractivity contribution in [3.63, 3.8) is 0 Å². The Hall–Kier alpha value is -2.10.